The SMILES string of the molecule is O=[N+]([O-])c1c(Br)ccc(CCl)c1F. The lowest BCUT2D eigenvalue weighted by molar-refractivity contribution is -0.388. The van der Waals surface area contributed by atoms with Crippen molar-refractivity contribution in [2.45, 2.75) is 5.88 Å². The van der Waals surface area contributed by atoms with Gasteiger partial charge in [0, 0.05) is 5.56 Å². The Labute approximate surface area is 86.8 Å². The second kappa shape index (κ2) is 4.02. The highest BCUT2D eigenvalue weighted by atomic mass is 79.9. The van der Waals surface area contributed by atoms with Gasteiger partial charge in [-0.15, -0.1) is 11.6 Å². The Morgan fingerprint density at radius 3 is 2.69 bits per heavy atom. The fraction of sp³-hybridized carbons (Fsp3) is 0.143. The first-order valence-electron chi connectivity index (χ1n) is 3.25. The van der Waals surface area contributed by atoms with E-state index >= 15 is 0 Å². The molecule has 0 aliphatic carbocycles. The Bertz CT molecular complexity index is 359. The van der Waals surface area contributed by atoms with E-state index < -0.39 is 16.4 Å². The minimum absolute atomic E-state index is 0.0834. The number of nitro benzene ring substituents is 1. The Morgan fingerprint density at radius 1 is 1.62 bits per heavy atom. The minimum Gasteiger partial charge on any atom is -0.258 e. The van der Waals surface area contributed by atoms with E-state index in [0.717, 1.165) is 0 Å². The lowest BCUT2D eigenvalue weighted by Gasteiger charge is -2.00. The van der Waals surface area contributed by atoms with Crippen molar-refractivity contribution in [2.75, 3.05) is 0 Å². The monoisotopic (exact) mass is 267 g/mol. The fourth-order valence-corrected chi connectivity index (χ4v) is 1.51. The molecule has 1 rings (SSSR count). The normalized spacial score (nSPS) is 10.1. The van der Waals surface area contributed by atoms with Crippen molar-refractivity contribution in [3.63, 3.8) is 0 Å². The molecule has 0 fully saturated rings. The number of halogens is 3. The van der Waals surface area contributed by atoms with Gasteiger partial charge in [0.25, 0.3) is 0 Å². The van der Waals surface area contributed by atoms with Gasteiger partial charge in [0.15, 0.2) is 0 Å². The summed E-state index contributed by atoms with van der Waals surface area (Å²) in [5, 5.41) is 10.4. The van der Waals surface area contributed by atoms with E-state index in [9.17, 15) is 14.5 Å². The first-order valence-corrected chi connectivity index (χ1v) is 4.58. The number of rotatable bonds is 2. The summed E-state index contributed by atoms with van der Waals surface area (Å²) in [5.41, 5.74) is -0.449. The van der Waals surface area contributed by atoms with Gasteiger partial charge in [-0.3, -0.25) is 10.1 Å². The number of hydrogen-bond donors (Lipinski definition) is 0. The second-order valence-corrected chi connectivity index (χ2v) is 3.38. The molecular weight excluding hydrogens is 264 g/mol. The van der Waals surface area contributed by atoms with E-state index in [0.29, 0.717) is 0 Å². The average Bonchev–Trinajstić information content (AvgIpc) is 2.04. The zero-order valence-corrected chi connectivity index (χ0v) is 8.60. The minimum atomic E-state index is -0.880. The molecule has 1 aromatic carbocycles. The predicted molar refractivity (Wildman–Crippen MR) is 50.3 cm³/mol. The molecule has 0 radical (unpaired) electrons. The highest BCUT2D eigenvalue weighted by molar-refractivity contribution is 9.10. The molecule has 0 amide bonds. The van der Waals surface area contributed by atoms with E-state index in [1.807, 2.05) is 0 Å². The summed E-state index contributed by atoms with van der Waals surface area (Å²) in [6.07, 6.45) is 0. The Kier molecular flexibility index (Phi) is 3.22. The molecule has 70 valence electrons. The number of alkyl halides is 1. The highest BCUT2D eigenvalue weighted by Crippen LogP contribution is 2.30. The first kappa shape index (κ1) is 10.4. The van der Waals surface area contributed by atoms with Crippen molar-refractivity contribution >= 4 is 33.2 Å². The number of nitrogens with zero attached hydrogens (tertiary/aromatic N) is 1. The summed E-state index contributed by atoms with van der Waals surface area (Å²) < 4.78 is 13.3. The van der Waals surface area contributed by atoms with Gasteiger partial charge in [0.05, 0.1) is 15.3 Å². The van der Waals surface area contributed by atoms with E-state index in [1.165, 1.54) is 12.1 Å². The van der Waals surface area contributed by atoms with Crippen LogP contribution in [-0.2, 0) is 5.88 Å². The van der Waals surface area contributed by atoms with Crippen LogP contribution in [0.5, 0.6) is 0 Å². The van der Waals surface area contributed by atoms with Gasteiger partial charge in [0.2, 0.25) is 5.82 Å². The molecule has 0 spiro atoms. The summed E-state index contributed by atoms with van der Waals surface area (Å²) >= 11 is 8.27. The fourth-order valence-electron chi connectivity index (χ4n) is 0.853. The average molecular weight is 268 g/mol. The molecule has 1 aromatic rings. The molecule has 0 aliphatic heterocycles. The molecule has 0 atom stereocenters. The summed E-state index contributed by atoms with van der Waals surface area (Å²) in [7, 11) is 0. The van der Waals surface area contributed by atoms with Crippen LogP contribution in [-0.4, -0.2) is 4.92 Å². The molecule has 3 nitrogen and oxygen atoms in total. The van der Waals surface area contributed by atoms with Crippen LogP contribution >= 0.6 is 27.5 Å². The van der Waals surface area contributed by atoms with Crippen LogP contribution in [0.15, 0.2) is 16.6 Å². The third kappa shape index (κ3) is 1.97. The molecule has 0 aromatic heterocycles. The topological polar surface area (TPSA) is 43.1 Å². The van der Waals surface area contributed by atoms with Crippen molar-refractivity contribution in [1.82, 2.24) is 0 Å². The van der Waals surface area contributed by atoms with Crippen molar-refractivity contribution < 1.29 is 9.31 Å². The second-order valence-electron chi connectivity index (χ2n) is 2.26. The summed E-state index contributed by atoms with van der Waals surface area (Å²) in [6.45, 7) is 0. The van der Waals surface area contributed by atoms with Crippen molar-refractivity contribution in [3.05, 3.63) is 38.1 Å². The standard InChI is InChI=1S/C7H4BrClFNO2/c8-5-2-1-4(3-9)6(10)7(5)11(12)13/h1-2H,3H2. The van der Waals surface area contributed by atoms with Gasteiger partial charge < -0.3 is 0 Å². The first-order chi connectivity index (χ1) is 6.07. The van der Waals surface area contributed by atoms with Crippen LogP contribution in [0.3, 0.4) is 0 Å². The molecule has 6 heteroatoms. The molecule has 0 saturated heterocycles. The van der Waals surface area contributed by atoms with Gasteiger partial charge >= 0.3 is 5.69 Å². The van der Waals surface area contributed by atoms with Crippen molar-refractivity contribution in [2.24, 2.45) is 0 Å². The van der Waals surface area contributed by atoms with Crippen LogP contribution in [0, 0.1) is 15.9 Å². The molecule has 0 N–H and O–H groups in total. The molecular formula is C7H4BrClFNO2. The largest absolute Gasteiger partial charge is 0.319 e. The molecule has 0 saturated carbocycles. The quantitative estimate of drug-likeness (QED) is 0.469. The van der Waals surface area contributed by atoms with Gasteiger partial charge in [-0.25, -0.2) is 0 Å². The highest BCUT2D eigenvalue weighted by Gasteiger charge is 2.21. The molecule has 0 heterocycles. The summed E-state index contributed by atoms with van der Waals surface area (Å²) in [5.74, 6) is -0.964. The molecule has 0 unspecified atom stereocenters. The maximum Gasteiger partial charge on any atom is 0.319 e. The number of benzene rings is 1. The van der Waals surface area contributed by atoms with Crippen LogP contribution < -0.4 is 0 Å². The Hall–Kier alpha value is -0.680. The third-order valence-corrected chi connectivity index (χ3v) is 2.40. The zero-order chi connectivity index (χ0) is 10.0. The molecule has 13 heavy (non-hydrogen) atoms. The van der Waals surface area contributed by atoms with Crippen molar-refractivity contribution in [1.29, 1.82) is 0 Å². The number of nitro groups is 1. The van der Waals surface area contributed by atoms with Crippen LogP contribution in [0.4, 0.5) is 10.1 Å². The Balaban J connectivity index is 3.38. The maximum atomic E-state index is 13.2. The zero-order valence-electron chi connectivity index (χ0n) is 6.26. The van der Waals surface area contributed by atoms with E-state index in [1.54, 1.807) is 0 Å². The van der Waals surface area contributed by atoms with Gasteiger partial charge in [-0.1, -0.05) is 6.07 Å². The van der Waals surface area contributed by atoms with E-state index in [2.05, 4.69) is 15.9 Å². The van der Waals surface area contributed by atoms with Gasteiger partial charge in [-0.05, 0) is 22.0 Å². The van der Waals surface area contributed by atoms with Gasteiger partial charge in [0.1, 0.15) is 0 Å². The maximum absolute atomic E-state index is 13.2. The van der Waals surface area contributed by atoms with Crippen LogP contribution in [0.2, 0.25) is 0 Å². The summed E-state index contributed by atoms with van der Waals surface area (Å²) in [6, 6.07) is 2.80. The smallest absolute Gasteiger partial charge is 0.258 e. The third-order valence-electron chi connectivity index (χ3n) is 1.47. The van der Waals surface area contributed by atoms with E-state index in [4.69, 9.17) is 11.6 Å². The van der Waals surface area contributed by atoms with Gasteiger partial charge in [-0.2, -0.15) is 4.39 Å². The predicted octanol–water partition coefficient (Wildman–Crippen LogP) is 3.24. The van der Waals surface area contributed by atoms with Crippen LogP contribution in [0.1, 0.15) is 5.56 Å². The molecule has 0 bridgehead atoms. The van der Waals surface area contributed by atoms with Crippen molar-refractivity contribution in [3.8, 4) is 0 Å². The summed E-state index contributed by atoms with van der Waals surface area (Å²) in [4.78, 5) is 9.62. The lowest BCUT2D eigenvalue weighted by atomic mass is 10.2. The Morgan fingerprint density at radius 2 is 2.23 bits per heavy atom. The lowest BCUT2D eigenvalue weighted by Crippen LogP contribution is -1.97. The number of hydrogen-bond acceptors (Lipinski definition) is 2. The van der Waals surface area contributed by atoms with Crippen LogP contribution in [0.25, 0.3) is 0 Å². The molecule has 0 aliphatic rings. The van der Waals surface area contributed by atoms with E-state index in [-0.39, 0.29) is 15.9 Å².